The van der Waals surface area contributed by atoms with Gasteiger partial charge in [-0.25, -0.2) is 4.98 Å². The Kier molecular flexibility index (Phi) is 4.70. The zero-order valence-corrected chi connectivity index (χ0v) is 8.92. The third-order valence-corrected chi connectivity index (χ3v) is 2.03. The number of halogens is 1. The Morgan fingerprint density at radius 1 is 1.50 bits per heavy atom. The van der Waals surface area contributed by atoms with Gasteiger partial charge >= 0.3 is 0 Å². The fraction of sp³-hybridized carbons (Fsp3) is 0.500. The van der Waals surface area contributed by atoms with E-state index in [1.807, 2.05) is 19.1 Å². The van der Waals surface area contributed by atoms with Gasteiger partial charge in [0.25, 0.3) is 0 Å². The molecule has 0 aliphatic rings. The highest BCUT2D eigenvalue weighted by molar-refractivity contribution is 6.30. The molecule has 4 heteroatoms. The highest BCUT2D eigenvalue weighted by Crippen LogP contribution is 2.22. The number of nitrogens with zero attached hydrogens (tertiary/aromatic N) is 1. The first-order chi connectivity index (χ1) is 6.77. The van der Waals surface area contributed by atoms with E-state index in [2.05, 4.69) is 4.98 Å². The maximum absolute atomic E-state index is 8.65. The van der Waals surface area contributed by atoms with Crippen LogP contribution in [0.3, 0.4) is 0 Å². The van der Waals surface area contributed by atoms with Crippen LogP contribution in [0.5, 0.6) is 5.75 Å². The summed E-state index contributed by atoms with van der Waals surface area (Å²) in [5.41, 5.74) is 0.882. The van der Waals surface area contributed by atoms with Gasteiger partial charge in [-0.05, 0) is 31.9 Å². The van der Waals surface area contributed by atoms with Crippen LogP contribution in [0.2, 0.25) is 5.15 Å². The Morgan fingerprint density at radius 2 is 2.29 bits per heavy atom. The fourth-order valence-corrected chi connectivity index (χ4v) is 1.35. The van der Waals surface area contributed by atoms with Crippen molar-refractivity contribution in [2.75, 3.05) is 13.2 Å². The maximum Gasteiger partial charge on any atom is 0.171 e. The lowest BCUT2D eigenvalue weighted by molar-refractivity contribution is 0.288. The van der Waals surface area contributed by atoms with E-state index in [4.69, 9.17) is 21.4 Å². The van der Waals surface area contributed by atoms with Crippen LogP contribution >= 0.6 is 11.6 Å². The SMILES string of the molecule is CCOc1ccc(CCCO)nc1Cl. The topological polar surface area (TPSA) is 42.4 Å². The second-order valence-corrected chi connectivity index (χ2v) is 3.21. The minimum absolute atomic E-state index is 0.173. The number of aliphatic hydroxyl groups is 1. The molecule has 0 aromatic carbocycles. The first-order valence-corrected chi connectivity index (χ1v) is 5.04. The lowest BCUT2D eigenvalue weighted by Gasteiger charge is -2.06. The number of pyridine rings is 1. The van der Waals surface area contributed by atoms with Gasteiger partial charge in [0.15, 0.2) is 10.9 Å². The van der Waals surface area contributed by atoms with Crippen LogP contribution in [0.15, 0.2) is 12.1 Å². The van der Waals surface area contributed by atoms with Crippen LogP contribution < -0.4 is 4.74 Å². The Balaban J connectivity index is 2.68. The molecular formula is C10H14ClNO2. The van der Waals surface area contributed by atoms with E-state index >= 15 is 0 Å². The number of aromatic nitrogens is 1. The van der Waals surface area contributed by atoms with Gasteiger partial charge < -0.3 is 9.84 Å². The third-order valence-electron chi connectivity index (χ3n) is 1.76. The molecule has 1 N–H and O–H groups in total. The van der Waals surface area contributed by atoms with Crippen molar-refractivity contribution >= 4 is 11.6 Å². The molecule has 78 valence electrons. The lowest BCUT2D eigenvalue weighted by Crippen LogP contribution is -1.97. The first-order valence-electron chi connectivity index (χ1n) is 4.67. The maximum atomic E-state index is 8.65. The van der Waals surface area contributed by atoms with Crippen molar-refractivity contribution in [2.45, 2.75) is 19.8 Å². The second kappa shape index (κ2) is 5.83. The molecule has 0 saturated heterocycles. The van der Waals surface area contributed by atoms with Crippen LogP contribution in [0.4, 0.5) is 0 Å². The molecule has 0 fully saturated rings. The molecule has 0 saturated carbocycles. The van der Waals surface area contributed by atoms with Crippen LogP contribution in [0, 0.1) is 0 Å². The Bertz CT molecular complexity index is 291. The van der Waals surface area contributed by atoms with E-state index in [-0.39, 0.29) is 6.61 Å². The normalized spacial score (nSPS) is 10.2. The van der Waals surface area contributed by atoms with E-state index in [0.717, 1.165) is 12.1 Å². The molecule has 1 aromatic rings. The number of hydrogen-bond donors (Lipinski definition) is 1. The molecule has 1 rings (SSSR count). The summed E-state index contributed by atoms with van der Waals surface area (Å²) in [6.07, 6.45) is 1.44. The fourth-order valence-electron chi connectivity index (χ4n) is 1.12. The summed E-state index contributed by atoms with van der Waals surface area (Å²) < 4.78 is 5.25. The minimum atomic E-state index is 0.173. The summed E-state index contributed by atoms with van der Waals surface area (Å²) in [6, 6.07) is 3.68. The molecule has 0 aliphatic heterocycles. The van der Waals surface area contributed by atoms with Gasteiger partial charge in [-0.3, -0.25) is 0 Å². The average molecular weight is 216 g/mol. The molecule has 0 aliphatic carbocycles. The predicted octanol–water partition coefficient (Wildman–Crippen LogP) is 2.06. The highest BCUT2D eigenvalue weighted by atomic mass is 35.5. The van der Waals surface area contributed by atoms with Crippen molar-refractivity contribution in [1.29, 1.82) is 0 Å². The summed E-state index contributed by atoms with van der Waals surface area (Å²) in [6.45, 7) is 2.65. The molecule has 1 heterocycles. The molecule has 0 radical (unpaired) electrons. The predicted molar refractivity (Wildman–Crippen MR) is 55.8 cm³/mol. The van der Waals surface area contributed by atoms with Crippen molar-refractivity contribution in [3.05, 3.63) is 23.0 Å². The van der Waals surface area contributed by atoms with Gasteiger partial charge in [0, 0.05) is 12.3 Å². The largest absolute Gasteiger partial charge is 0.491 e. The Labute approximate surface area is 88.7 Å². The molecule has 0 amide bonds. The van der Waals surface area contributed by atoms with Gasteiger partial charge in [0.2, 0.25) is 0 Å². The summed E-state index contributed by atoms with van der Waals surface area (Å²) in [4.78, 5) is 4.16. The molecule has 3 nitrogen and oxygen atoms in total. The van der Waals surface area contributed by atoms with Crippen LogP contribution in [0.25, 0.3) is 0 Å². The molecule has 0 atom stereocenters. The third kappa shape index (κ3) is 3.16. The van der Waals surface area contributed by atoms with Gasteiger partial charge in [0.1, 0.15) is 0 Å². The number of aliphatic hydroxyl groups excluding tert-OH is 1. The monoisotopic (exact) mass is 215 g/mol. The average Bonchev–Trinajstić information content (AvgIpc) is 2.19. The second-order valence-electron chi connectivity index (χ2n) is 2.85. The number of ether oxygens (including phenoxy) is 1. The summed E-state index contributed by atoms with van der Waals surface area (Å²) >= 11 is 5.89. The number of aryl methyl sites for hydroxylation is 1. The molecule has 0 spiro atoms. The smallest absolute Gasteiger partial charge is 0.171 e. The van der Waals surface area contributed by atoms with Crippen molar-refractivity contribution in [3.63, 3.8) is 0 Å². The van der Waals surface area contributed by atoms with Crippen molar-refractivity contribution in [3.8, 4) is 5.75 Å². The van der Waals surface area contributed by atoms with Crippen LogP contribution in [-0.4, -0.2) is 23.3 Å². The van der Waals surface area contributed by atoms with Crippen molar-refractivity contribution in [1.82, 2.24) is 4.98 Å². The van der Waals surface area contributed by atoms with E-state index < -0.39 is 0 Å². The van der Waals surface area contributed by atoms with Gasteiger partial charge in [-0.2, -0.15) is 0 Å². The van der Waals surface area contributed by atoms with Gasteiger partial charge in [-0.1, -0.05) is 11.6 Å². The molecule has 0 bridgehead atoms. The molecule has 1 aromatic heterocycles. The van der Waals surface area contributed by atoms with Crippen molar-refractivity contribution in [2.24, 2.45) is 0 Å². The van der Waals surface area contributed by atoms with Crippen molar-refractivity contribution < 1.29 is 9.84 Å². The van der Waals surface area contributed by atoms with Gasteiger partial charge in [0.05, 0.1) is 6.61 Å². The summed E-state index contributed by atoms with van der Waals surface area (Å²) in [5, 5.41) is 9.04. The van der Waals surface area contributed by atoms with E-state index in [0.29, 0.717) is 23.9 Å². The number of hydrogen-bond acceptors (Lipinski definition) is 3. The quantitative estimate of drug-likeness (QED) is 0.765. The molecule has 14 heavy (non-hydrogen) atoms. The van der Waals surface area contributed by atoms with E-state index in [1.54, 1.807) is 0 Å². The van der Waals surface area contributed by atoms with Crippen LogP contribution in [-0.2, 0) is 6.42 Å². The molecular weight excluding hydrogens is 202 g/mol. The Morgan fingerprint density at radius 3 is 2.86 bits per heavy atom. The summed E-state index contributed by atoms with van der Waals surface area (Å²) in [5.74, 6) is 0.613. The molecule has 0 unspecified atom stereocenters. The van der Waals surface area contributed by atoms with E-state index in [1.165, 1.54) is 0 Å². The zero-order chi connectivity index (χ0) is 10.4. The Hall–Kier alpha value is -0.800. The van der Waals surface area contributed by atoms with E-state index in [9.17, 15) is 0 Å². The standard InChI is InChI=1S/C10H14ClNO2/c1-2-14-9-6-5-8(4-3-7-13)12-10(9)11/h5-6,13H,2-4,7H2,1H3. The summed E-state index contributed by atoms with van der Waals surface area (Å²) in [7, 11) is 0. The highest BCUT2D eigenvalue weighted by Gasteiger charge is 2.03. The first kappa shape index (κ1) is 11.3. The minimum Gasteiger partial charge on any atom is -0.491 e. The lowest BCUT2D eigenvalue weighted by atomic mass is 10.2. The number of rotatable bonds is 5. The zero-order valence-electron chi connectivity index (χ0n) is 8.16. The van der Waals surface area contributed by atoms with Gasteiger partial charge in [-0.15, -0.1) is 0 Å². The van der Waals surface area contributed by atoms with Crippen LogP contribution in [0.1, 0.15) is 19.0 Å².